The van der Waals surface area contributed by atoms with E-state index in [-0.39, 0.29) is 17.2 Å². The first kappa shape index (κ1) is 23.2. The highest BCUT2D eigenvalue weighted by Gasteiger charge is 2.21. The number of fused-ring (bicyclic) bond motifs is 1. The number of hydrogen-bond donors (Lipinski definition) is 2. The molecule has 0 atom stereocenters. The minimum absolute atomic E-state index is 0.0337. The van der Waals surface area contributed by atoms with Crippen LogP contribution in [0.1, 0.15) is 28.8 Å². The second-order valence-electron chi connectivity index (χ2n) is 8.11. The van der Waals surface area contributed by atoms with Gasteiger partial charge < -0.3 is 29.4 Å². The van der Waals surface area contributed by atoms with Crippen LogP contribution in [-0.4, -0.2) is 59.2 Å². The van der Waals surface area contributed by atoms with E-state index in [9.17, 15) is 14.7 Å². The van der Waals surface area contributed by atoms with E-state index in [0.717, 1.165) is 48.6 Å². The quantitative estimate of drug-likeness (QED) is 0.613. The van der Waals surface area contributed by atoms with Crippen LogP contribution in [0.4, 0.5) is 11.4 Å². The number of phenols is 1. The number of methoxy groups -OCH3 is 1. The Morgan fingerprint density at radius 2 is 1.94 bits per heavy atom. The number of likely N-dealkylation sites (tertiary alicyclic amines) is 1. The smallest absolute Gasteiger partial charge is 0.254 e. The van der Waals surface area contributed by atoms with Crippen LogP contribution in [0.15, 0.2) is 53.6 Å². The molecule has 1 saturated heterocycles. The molecule has 0 aliphatic carbocycles. The number of H-pyrrole nitrogens is 1. The number of ether oxygens (including phenoxy) is 2. The second-order valence-corrected chi connectivity index (χ2v) is 8.11. The number of amides is 1. The number of carbonyl (C=O) groups is 1. The maximum atomic E-state index is 11.8. The zero-order valence-corrected chi connectivity index (χ0v) is 19.3. The van der Waals surface area contributed by atoms with Crippen molar-refractivity contribution in [2.24, 2.45) is 0 Å². The average Bonchev–Trinajstić information content (AvgIpc) is 3.38. The number of nitrogens with one attached hydrogen (secondary N) is 1. The van der Waals surface area contributed by atoms with Crippen molar-refractivity contribution in [1.29, 1.82) is 0 Å². The number of hydrogen-bond acceptors (Lipinski definition) is 7. The molecule has 2 N–H and O–H groups in total. The van der Waals surface area contributed by atoms with Gasteiger partial charge in [-0.1, -0.05) is 0 Å². The van der Waals surface area contributed by atoms with Crippen LogP contribution in [-0.2, 0) is 0 Å². The molecule has 34 heavy (non-hydrogen) atoms. The van der Waals surface area contributed by atoms with E-state index in [2.05, 4.69) is 14.9 Å². The molecule has 4 heterocycles. The second kappa shape index (κ2) is 10.3. The van der Waals surface area contributed by atoms with Crippen LogP contribution in [0.25, 0.3) is 0 Å². The van der Waals surface area contributed by atoms with Gasteiger partial charge in [0.25, 0.3) is 5.91 Å². The van der Waals surface area contributed by atoms with E-state index in [0.29, 0.717) is 24.6 Å². The number of benzene rings is 1. The number of aromatic hydroxyl groups is 1. The van der Waals surface area contributed by atoms with Crippen molar-refractivity contribution in [3.05, 3.63) is 70.3 Å². The maximum absolute atomic E-state index is 11.8. The fraction of sp³-hybridized carbons (Fsp3) is 0.320. The van der Waals surface area contributed by atoms with Gasteiger partial charge in [0.2, 0.25) is 11.4 Å². The Morgan fingerprint density at radius 1 is 1.15 bits per heavy atom. The molecule has 0 spiro atoms. The van der Waals surface area contributed by atoms with E-state index in [1.54, 1.807) is 42.5 Å². The number of rotatable bonds is 3. The number of phenolic OH excluding ortho intramolecular Hbond substituents is 1. The van der Waals surface area contributed by atoms with Crippen molar-refractivity contribution in [2.45, 2.75) is 19.8 Å². The first-order chi connectivity index (χ1) is 16.5. The average molecular weight is 465 g/mol. The first-order valence-electron chi connectivity index (χ1n) is 11.2. The van der Waals surface area contributed by atoms with Gasteiger partial charge in [-0.3, -0.25) is 9.59 Å². The molecule has 1 aromatic carbocycles. The van der Waals surface area contributed by atoms with Crippen molar-refractivity contribution in [2.75, 3.05) is 38.3 Å². The molecule has 2 aromatic heterocycles. The van der Waals surface area contributed by atoms with Crippen LogP contribution in [0.2, 0.25) is 0 Å². The van der Waals surface area contributed by atoms with Crippen molar-refractivity contribution < 1.29 is 19.4 Å². The van der Waals surface area contributed by atoms with Gasteiger partial charge in [0.05, 0.1) is 31.2 Å². The Morgan fingerprint density at radius 3 is 2.65 bits per heavy atom. The summed E-state index contributed by atoms with van der Waals surface area (Å²) in [5.74, 6) is 1.58. The molecule has 0 saturated carbocycles. The minimum Gasteiger partial charge on any atom is -0.508 e. The molecule has 0 radical (unpaired) electrons. The Bertz CT molecular complexity index is 1220. The molecule has 178 valence electrons. The van der Waals surface area contributed by atoms with Crippen LogP contribution in [0, 0.1) is 6.92 Å². The third kappa shape index (κ3) is 5.14. The Balaban J connectivity index is 0.000000172. The van der Waals surface area contributed by atoms with Gasteiger partial charge in [-0.15, -0.1) is 0 Å². The molecular formula is C25H28N4O5. The Hall–Kier alpha value is -4.01. The Kier molecular flexibility index (Phi) is 7.01. The normalized spacial score (nSPS) is 14.5. The highest BCUT2D eigenvalue weighted by Crippen LogP contribution is 2.39. The molecule has 9 nitrogen and oxygen atoms in total. The van der Waals surface area contributed by atoms with Gasteiger partial charge in [-0.05, 0) is 44.0 Å². The summed E-state index contributed by atoms with van der Waals surface area (Å²) in [6.45, 7) is 4.89. The van der Waals surface area contributed by atoms with E-state index in [1.165, 1.54) is 12.3 Å². The fourth-order valence-corrected chi connectivity index (χ4v) is 4.06. The molecule has 1 fully saturated rings. The third-order valence-corrected chi connectivity index (χ3v) is 5.74. The summed E-state index contributed by atoms with van der Waals surface area (Å²) in [5, 5.41) is 9.67. The van der Waals surface area contributed by atoms with E-state index in [1.807, 2.05) is 13.0 Å². The van der Waals surface area contributed by atoms with Crippen LogP contribution in [0.5, 0.6) is 17.4 Å². The lowest BCUT2D eigenvalue weighted by Crippen LogP contribution is -2.28. The van der Waals surface area contributed by atoms with Gasteiger partial charge in [0.15, 0.2) is 0 Å². The lowest BCUT2D eigenvalue weighted by molar-refractivity contribution is 0.0792. The number of nitrogens with zero attached hydrogens (tertiary/aromatic N) is 3. The zero-order chi connectivity index (χ0) is 24.1. The highest BCUT2D eigenvalue weighted by atomic mass is 16.5. The van der Waals surface area contributed by atoms with E-state index < -0.39 is 0 Å². The van der Waals surface area contributed by atoms with E-state index in [4.69, 9.17) is 9.47 Å². The van der Waals surface area contributed by atoms with Gasteiger partial charge in [0, 0.05) is 42.5 Å². The number of anilines is 2. The maximum Gasteiger partial charge on any atom is 0.254 e. The summed E-state index contributed by atoms with van der Waals surface area (Å²) in [7, 11) is 1.61. The van der Waals surface area contributed by atoms with Crippen molar-refractivity contribution in [1.82, 2.24) is 14.9 Å². The molecule has 0 unspecified atom stereocenters. The Labute approximate surface area is 197 Å². The van der Waals surface area contributed by atoms with Crippen molar-refractivity contribution in [3.63, 3.8) is 0 Å². The van der Waals surface area contributed by atoms with Crippen molar-refractivity contribution >= 4 is 17.3 Å². The molecule has 9 heteroatoms. The van der Waals surface area contributed by atoms with Gasteiger partial charge >= 0.3 is 0 Å². The van der Waals surface area contributed by atoms with Crippen LogP contribution in [0.3, 0.4) is 0 Å². The highest BCUT2D eigenvalue weighted by molar-refractivity contribution is 5.94. The largest absolute Gasteiger partial charge is 0.508 e. The number of aromatic amines is 1. The number of pyridine rings is 2. The summed E-state index contributed by atoms with van der Waals surface area (Å²) >= 11 is 0. The SMILES string of the molecule is COc1ncc(N2CCOc3ccc(O)cc32)cc1C.O=C(c1cc[nH]c(=O)c1)N1CCCC1. The predicted octanol–water partition coefficient (Wildman–Crippen LogP) is 3.25. The molecule has 2 aliphatic heterocycles. The molecule has 1 amide bonds. The lowest BCUT2D eigenvalue weighted by Gasteiger charge is -2.31. The first-order valence-corrected chi connectivity index (χ1v) is 11.2. The zero-order valence-electron chi connectivity index (χ0n) is 19.3. The summed E-state index contributed by atoms with van der Waals surface area (Å²) in [6.07, 6.45) is 5.40. The van der Waals surface area contributed by atoms with E-state index >= 15 is 0 Å². The topological polar surface area (TPSA) is 108 Å². The minimum atomic E-state index is -0.227. The summed E-state index contributed by atoms with van der Waals surface area (Å²) in [4.78, 5) is 33.4. The molecular weight excluding hydrogens is 436 g/mol. The molecule has 2 aliphatic rings. The summed E-state index contributed by atoms with van der Waals surface area (Å²) in [6, 6.07) is 10.1. The lowest BCUT2D eigenvalue weighted by atomic mass is 10.2. The standard InChI is InChI=1S/C15H16N2O3.C10H12N2O2/c1-10-7-11(9-16-15(10)19-2)17-5-6-20-14-4-3-12(18)8-13(14)17;13-9-7-8(3-4-11-9)10(14)12-5-1-2-6-12/h3-4,7-9,18H,5-6H2,1-2H3;3-4,7H,1-2,5-6H2,(H,11,13). The molecule has 5 rings (SSSR count). The molecule has 3 aromatic rings. The summed E-state index contributed by atoms with van der Waals surface area (Å²) < 4.78 is 10.8. The fourth-order valence-electron chi connectivity index (χ4n) is 4.06. The number of carbonyl (C=O) groups excluding carboxylic acids is 1. The predicted molar refractivity (Wildman–Crippen MR) is 128 cm³/mol. The van der Waals surface area contributed by atoms with Crippen LogP contribution >= 0.6 is 0 Å². The third-order valence-electron chi connectivity index (χ3n) is 5.74. The van der Waals surface area contributed by atoms with Gasteiger partial charge in [-0.25, -0.2) is 4.98 Å². The van der Waals surface area contributed by atoms with Gasteiger partial charge in [-0.2, -0.15) is 0 Å². The summed E-state index contributed by atoms with van der Waals surface area (Å²) in [5.41, 5.74) is 3.03. The van der Waals surface area contributed by atoms with Crippen LogP contribution < -0.4 is 19.9 Å². The van der Waals surface area contributed by atoms with Crippen molar-refractivity contribution in [3.8, 4) is 17.4 Å². The number of aromatic nitrogens is 2. The number of aryl methyl sites for hydroxylation is 1. The van der Waals surface area contributed by atoms with Gasteiger partial charge in [0.1, 0.15) is 18.1 Å². The monoisotopic (exact) mass is 464 g/mol. The molecule has 0 bridgehead atoms.